The summed E-state index contributed by atoms with van der Waals surface area (Å²) in [7, 11) is 0. The summed E-state index contributed by atoms with van der Waals surface area (Å²) >= 11 is 1.08. The fraction of sp³-hybridized carbons (Fsp3) is 0.154. The molecule has 2 aromatic rings. The third kappa shape index (κ3) is 2.84. The van der Waals surface area contributed by atoms with Crippen molar-refractivity contribution in [2.75, 3.05) is 16.4 Å². The van der Waals surface area contributed by atoms with Gasteiger partial charge in [-0.1, -0.05) is 29.5 Å². The Labute approximate surface area is 129 Å². The summed E-state index contributed by atoms with van der Waals surface area (Å²) in [5.74, 6) is -1.57. The van der Waals surface area contributed by atoms with Crippen LogP contribution in [0, 0.1) is 6.92 Å². The van der Waals surface area contributed by atoms with E-state index in [1.54, 1.807) is 0 Å². The van der Waals surface area contributed by atoms with Gasteiger partial charge >= 0.3 is 11.8 Å². The third-order valence-corrected chi connectivity index (χ3v) is 3.71. The zero-order valence-electron chi connectivity index (χ0n) is 11.5. The van der Waals surface area contributed by atoms with E-state index < -0.39 is 11.8 Å². The van der Waals surface area contributed by atoms with E-state index in [1.807, 2.05) is 31.2 Å². The largest absolute Gasteiger partial charge is 0.339 e. The Morgan fingerprint density at radius 1 is 1.32 bits per heavy atom. The van der Waals surface area contributed by atoms with E-state index in [4.69, 9.17) is 0 Å². The SMILES string of the molecule is Cc1ccc(NC(=O)CSc2nc3n(n2)C(=O)C(=O)N3)cc1. The highest BCUT2D eigenvalue weighted by atomic mass is 32.2. The van der Waals surface area contributed by atoms with E-state index in [0.717, 1.165) is 22.0 Å². The maximum Gasteiger partial charge on any atom is 0.339 e. The minimum Gasteiger partial charge on any atom is -0.325 e. The molecule has 0 bridgehead atoms. The summed E-state index contributed by atoms with van der Waals surface area (Å²) in [6.45, 7) is 1.96. The predicted octanol–water partition coefficient (Wildman–Crippen LogP) is 0.910. The molecule has 2 heterocycles. The highest BCUT2D eigenvalue weighted by molar-refractivity contribution is 7.99. The van der Waals surface area contributed by atoms with Crippen LogP contribution in [0.1, 0.15) is 10.4 Å². The van der Waals surface area contributed by atoms with E-state index in [9.17, 15) is 14.4 Å². The molecular formula is C13H11N5O3S. The first-order chi connectivity index (χ1) is 10.5. The molecule has 0 aliphatic carbocycles. The fourth-order valence-electron chi connectivity index (χ4n) is 1.79. The van der Waals surface area contributed by atoms with Crippen molar-refractivity contribution in [3.05, 3.63) is 29.8 Å². The number of rotatable bonds is 4. The van der Waals surface area contributed by atoms with Crippen LogP contribution in [0.2, 0.25) is 0 Å². The topological polar surface area (TPSA) is 106 Å². The van der Waals surface area contributed by atoms with E-state index in [1.165, 1.54) is 0 Å². The Bertz CT molecular complexity index is 768. The van der Waals surface area contributed by atoms with Crippen molar-refractivity contribution >= 4 is 41.1 Å². The maximum absolute atomic E-state index is 11.8. The zero-order valence-corrected chi connectivity index (χ0v) is 12.3. The number of hydrogen-bond donors (Lipinski definition) is 2. The summed E-state index contributed by atoms with van der Waals surface area (Å²) in [4.78, 5) is 38.2. The van der Waals surface area contributed by atoms with Gasteiger partial charge in [0.1, 0.15) is 0 Å². The lowest BCUT2D eigenvalue weighted by molar-refractivity contribution is -0.114. The van der Waals surface area contributed by atoms with Crippen LogP contribution in [0.5, 0.6) is 0 Å². The number of aryl methyl sites for hydroxylation is 1. The quantitative estimate of drug-likeness (QED) is 0.641. The lowest BCUT2D eigenvalue weighted by Crippen LogP contribution is -2.18. The average Bonchev–Trinajstić information content (AvgIpc) is 2.99. The van der Waals surface area contributed by atoms with Crippen LogP contribution in [-0.2, 0) is 9.59 Å². The smallest absolute Gasteiger partial charge is 0.325 e. The van der Waals surface area contributed by atoms with Gasteiger partial charge in [0, 0.05) is 5.69 Å². The molecule has 0 unspecified atom stereocenters. The minimum atomic E-state index is -0.779. The van der Waals surface area contributed by atoms with Crippen LogP contribution in [-0.4, -0.2) is 38.2 Å². The monoisotopic (exact) mass is 317 g/mol. The van der Waals surface area contributed by atoms with Gasteiger partial charge in [-0.15, -0.1) is 5.10 Å². The standard InChI is InChI=1S/C13H11N5O3S/c1-7-2-4-8(5-3-7)14-9(19)6-22-13-16-12-15-10(20)11(21)18(12)17-13/h2-5H,6H2,1H3,(H,14,19)(H,15,16,17,20). The Kier molecular flexibility index (Phi) is 3.63. The van der Waals surface area contributed by atoms with Gasteiger partial charge in [0.25, 0.3) is 0 Å². The van der Waals surface area contributed by atoms with Crippen molar-refractivity contribution in [1.82, 2.24) is 14.8 Å². The number of carbonyl (C=O) groups is 3. The average molecular weight is 317 g/mol. The van der Waals surface area contributed by atoms with Crippen LogP contribution in [0.15, 0.2) is 29.4 Å². The summed E-state index contributed by atoms with van der Waals surface area (Å²) in [5, 5.41) is 9.15. The second-order valence-corrected chi connectivity index (χ2v) is 5.53. The fourth-order valence-corrected chi connectivity index (χ4v) is 2.41. The van der Waals surface area contributed by atoms with Crippen molar-refractivity contribution in [1.29, 1.82) is 0 Å². The van der Waals surface area contributed by atoms with E-state index in [-0.39, 0.29) is 22.8 Å². The Morgan fingerprint density at radius 3 is 2.73 bits per heavy atom. The highest BCUT2D eigenvalue weighted by Crippen LogP contribution is 2.19. The van der Waals surface area contributed by atoms with Crippen LogP contribution in [0.4, 0.5) is 11.6 Å². The highest BCUT2D eigenvalue weighted by Gasteiger charge is 2.31. The number of anilines is 2. The van der Waals surface area contributed by atoms with Gasteiger partial charge in [-0.25, -0.2) is 0 Å². The lowest BCUT2D eigenvalue weighted by Gasteiger charge is -2.04. The molecule has 1 aliphatic heterocycles. The van der Waals surface area contributed by atoms with E-state index >= 15 is 0 Å². The number of aromatic nitrogens is 3. The number of fused-ring (bicyclic) bond motifs is 1. The summed E-state index contributed by atoms with van der Waals surface area (Å²) in [6, 6.07) is 7.43. The molecule has 112 valence electrons. The van der Waals surface area contributed by atoms with Gasteiger partial charge in [0.15, 0.2) is 0 Å². The second kappa shape index (κ2) is 5.60. The molecule has 3 rings (SSSR count). The molecule has 2 amide bonds. The first-order valence-electron chi connectivity index (χ1n) is 6.35. The summed E-state index contributed by atoms with van der Waals surface area (Å²) in [6.07, 6.45) is 0. The first-order valence-corrected chi connectivity index (χ1v) is 7.33. The van der Waals surface area contributed by atoms with Crippen molar-refractivity contribution in [2.45, 2.75) is 12.1 Å². The molecule has 9 heteroatoms. The molecule has 0 fully saturated rings. The Morgan fingerprint density at radius 2 is 2.05 bits per heavy atom. The van der Waals surface area contributed by atoms with Gasteiger partial charge in [-0.05, 0) is 19.1 Å². The Hall–Kier alpha value is -2.68. The molecule has 0 spiro atoms. The molecule has 1 aromatic carbocycles. The van der Waals surface area contributed by atoms with Crippen molar-refractivity contribution < 1.29 is 14.4 Å². The molecule has 0 saturated heterocycles. The molecule has 1 aromatic heterocycles. The number of nitrogens with zero attached hydrogens (tertiary/aromatic N) is 3. The first kappa shape index (κ1) is 14.3. The van der Waals surface area contributed by atoms with Gasteiger partial charge < -0.3 is 5.32 Å². The predicted molar refractivity (Wildman–Crippen MR) is 79.8 cm³/mol. The maximum atomic E-state index is 11.8. The van der Waals surface area contributed by atoms with Crippen molar-refractivity contribution in [3.8, 4) is 0 Å². The van der Waals surface area contributed by atoms with Gasteiger partial charge in [-0.3, -0.25) is 19.7 Å². The van der Waals surface area contributed by atoms with E-state index in [0.29, 0.717) is 5.69 Å². The number of hydrogen-bond acceptors (Lipinski definition) is 6. The van der Waals surface area contributed by atoms with Gasteiger partial charge in [-0.2, -0.15) is 9.67 Å². The molecule has 2 N–H and O–H groups in total. The zero-order chi connectivity index (χ0) is 15.7. The van der Waals surface area contributed by atoms with Gasteiger partial charge in [0.2, 0.25) is 17.0 Å². The number of carbonyl (C=O) groups excluding carboxylic acids is 3. The molecular weight excluding hydrogens is 306 g/mol. The van der Waals surface area contributed by atoms with E-state index in [2.05, 4.69) is 20.7 Å². The molecule has 0 radical (unpaired) electrons. The lowest BCUT2D eigenvalue weighted by atomic mass is 10.2. The normalized spacial score (nSPS) is 13.0. The number of thioether (sulfide) groups is 1. The van der Waals surface area contributed by atoms with Crippen molar-refractivity contribution in [3.63, 3.8) is 0 Å². The number of amides is 2. The molecule has 0 atom stereocenters. The van der Waals surface area contributed by atoms with Gasteiger partial charge in [0.05, 0.1) is 5.75 Å². The van der Waals surface area contributed by atoms with Crippen molar-refractivity contribution in [2.24, 2.45) is 0 Å². The van der Waals surface area contributed by atoms with Crippen LogP contribution in [0.3, 0.4) is 0 Å². The molecule has 8 nitrogen and oxygen atoms in total. The van der Waals surface area contributed by atoms with Crippen LogP contribution < -0.4 is 10.6 Å². The second-order valence-electron chi connectivity index (χ2n) is 4.59. The summed E-state index contributed by atoms with van der Waals surface area (Å²) in [5.41, 5.74) is 1.81. The van der Waals surface area contributed by atoms with Crippen LogP contribution in [0.25, 0.3) is 0 Å². The third-order valence-electron chi connectivity index (χ3n) is 2.87. The molecule has 22 heavy (non-hydrogen) atoms. The minimum absolute atomic E-state index is 0.0800. The number of nitrogens with one attached hydrogen (secondary N) is 2. The summed E-state index contributed by atoms with van der Waals surface area (Å²) < 4.78 is 0.891. The Balaban J connectivity index is 1.57. The molecule has 1 aliphatic rings. The molecule has 0 saturated carbocycles. The number of benzene rings is 1. The van der Waals surface area contributed by atoms with Crippen LogP contribution >= 0.6 is 11.8 Å².